The highest BCUT2D eigenvalue weighted by Crippen LogP contribution is 2.26. The molecule has 6 heteroatoms. The van der Waals surface area contributed by atoms with Gasteiger partial charge in [0, 0.05) is 6.42 Å². The van der Waals surface area contributed by atoms with E-state index in [9.17, 15) is 9.59 Å². The zero-order valence-electron chi connectivity index (χ0n) is 15.0. The molecule has 2 aliphatic carbocycles. The van der Waals surface area contributed by atoms with Crippen molar-refractivity contribution in [3.05, 3.63) is 0 Å². The lowest BCUT2D eigenvalue weighted by Crippen LogP contribution is -2.34. The number of hydrogen-bond donors (Lipinski definition) is 0. The van der Waals surface area contributed by atoms with Crippen molar-refractivity contribution >= 4 is 12.3 Å². The van der Waals surface area contributed by atoms with Crippen LogP contribution in [0.5, 0.6) is 0 Å². The van der Waals surface area contributed by atoms with Crippen molar-refractivity contribution in [2.75, 3.05) is 0 Å². The molecule has 0 heterocycles. The molecule has 24 heavy (non-hydrogen) atoms. The summed E-state index contributed by atoms with van der Waals surface area (Å²) < 4.78 is 21.3. The molecule has 2 unspecified atom stereocenters. The molecule has 0 aliphatic heterocycles. The van der Waals surface area contributed by atoms with E-state index in [1.165, 1.54) is 6.42 Å². The number of hydrogen-bond acceptors (Lipinski definition) is 6. The van der Waals surface area contributed by atoms with Crippen molar-refractivity contribution < 1.29 is 28.5 Å². The van der Waals surface area contributed by atoms with Gasteiger partial charge in [0.05, 0.1) is 0 Å². The summed E-state index contributed by atoms with van der Waals surface area (Å²) in [5.74, 6) is 0. The Labute approximate surface area is 144 Å². The molecule has 0 aromatic carbocycles. The normalized spacial score (nSPS) is 25.6. The minimum atomic E-state index is -0.669. The topological polar surface area (TPSA) is 71.1 Å². The summed E-state index contributed by atoms with van der Waals surface area (Å²) >= 11 is 0. The third-order valence-electron chi connectivity index (χ3n) is 4.31. The van der Waals surface area contributed by atoms with E-state index in [0.29, 0.717) is 6.42 Å². The number of rotatable bonds is 3. The predicted octanol–water partition coefficient (Wildman–Crippen LogP) is 4.74. The quantitative estimate of drug-likeness (QED) is 0.690. The van der Waals surface area contributed by atoms with E-state index in [4.69, 9.17) is 18.9 Å². The van der Waals surface area contributed by atoms with Crippen LogP contribution in [0, 0.1) is 0 Å². The smallest absolute Gasteiger partial charge is 0.431 e. The Kier molecular flexibility index (Phi) is 6.75. The van der Waals surface area contributed by atoms with Crippen LogP contribution in [0.2, 0.25) is 0 Å². The average molecular weight is 342 g/mol. The zero-order valence-corrected chi connectivity index (χ0v) is 15.0. The highest BCUT2D eigenvalue weighted by molar-refractivity contribution is 5.61. The fraction of sp³-hybridized carbons (Fsp3) is 0.889. The Hall–Kier alpha value is -1.46. The molecule has 0 amide bonds. The number of carbonyl (C=O) groups is 2. The van der Waals surface area contributed by atoms with Gasteiger partial charge in [-0.3, -0.25) is 0 Å². The van der Waals surface area contributed by atoms with Crippen molar-refractivity contribution in [3.63, 3.8) is 0 Å². The zero-order chi connectivity index (χ0) is 17.6. The van der Waals surface area contributed by atoms with Crippen molar-refractivity contribution in [1.29, 1.82) is 0 Å². The Morgan fingerprint density at radius 1 is 0.708 bits per heavy atom. The molecule has 2 fully saturated rings. The van der Waals surface area contributed by atoms with Gasteiger partial charge < -0.3 is 18.9 Å². The second-order valence-electron chi connectivity index (χ2n) is 7.74. The summed E-state index contributed by atoms with van der Waals surface area (Å²) in [5, 5.41) is 0. The van der Waals surface area contributed by atoms with Gasteiger partial charge in [-0.05, 0) is 65.7 Å². The van der Waals surface area contributed by atoms with Crippen molar-refractivity contribution in [2.45, 2.75) is 102 Å². The first-order chi connectivity index (χ1) is 11.3. The summed E-state index contributed by atoms with van der Waals surface area (Å²) in [5.41, 5.74) is -0.578. The highest BCUT2D eigenvalue weighted by atomic mass is 16.7. The lowest BCUT2D eigenvalue weighted by molar-refractivity contribution is -0.0603. The van der Waals surface area contributed by atoms with E-state index < -0.39 is 17.9 Å². The maximum atomic E-state index is 11.9. The lowest BCUT2D eigenvalue weighted by atomic mass is 9.95. The Bertz CT molecular complexity index is 422. The minimum absolute atomic E-state index is 0.0105. The molecule has 138 valence electrons. The predicted molar refractivity (Wildman–Crippen MR) is 87.8 cm³/mol. The number of ether oxygens (including phenoxy) is 4. The maximum absolute atomic E-state index is 11.9. The van der Waals surface area contributed by atoms with Crippen molar-refractivity contribution in [1.82, 2.24) is 0 Å². The van der Waals surface area contributed by atoms with Crippen molar-refractivity contribution in [3.8, 4) is 0 Å². The molecule has 0 bridgehead atoms. The van der Waals surface area contributed by atoms with E-state index in [2.05, 4.69) is 0 Å². The van der Waals surface area contributed by atoms with Gasteiger partial charge in [0.1, 0.15) is 23.9 Å². The van der Waals surface area contributed by atoms with Gasteiger partial charge in [0.2, 0.25) is 0 Å². The van der Waals surface area contributed by atoms with Crippen LogP contribution in [0.15, 0.2) is 0 Å². The summed E-state index contributed by atoms with van der Waals surface area (Å²) in [7, 11) is 0. The molecule has 2 saturated carbocycles. The SMILES string of the molecule is CC(C)(C)OC(=O)OC1CCCC(OC(=O)OC2CCCCC2)C1. The summed E-state index contributed by atoms with van der Waals surface area (Å²) in [4.78, 5) is 23.7. The molecule has 2 rings (SSSR count). The van der Waals surface area contributed by atoms with Crippen molar-refractivity contribution in [2.24, 2.45) is 0 Å². The largest absolute Gasteiger partial charge is 0.509 e. The lowest BCUT2D eigenvalue weighted by Gasteiger charge is -2.30. The third kappa shape index (κ3) is 6.97. The van der Waals surface area contributed by atoms with Crippen LogP contribution in [0.3, 0.4) is 0 Å². The first-order valence-electron chi connectivity index (χ1n) is 9.09. The molecule has 2 atom stereocenters. The molecular weight excluding hydrogens is 312 g/mol. The molecule has 2 aliphatic rings. The van der Waals surface area contributed by atoms with Gasteiger partial charge in [-0.15, -0.1) is 0 Å². The van der Waals surface area contributed by atoms with Gasteiger partial charge in [-0.1, -0.05) is 6.42 Å². The van der Waals surface area contributed by atoms with Crippen LogP contribution in [0.1, 0.15) is 78.6 Å². The van der Waals surface area contributed by atoms with Crippen LogP contribution >= 0.6 is 0 Å². The Balaban J connectivity index is 1.71. The molecule has 0 aromatic heterocycles. The van der Waals surface area contributed by atoms with Crippen LogP contribution in [0.25, 0.3) is 0 Å². The first kappa shape index (κ1) is 18.9. The molecule has 0 spiro atoms. The van der Waals surface area contributed by atoms with Gasteiger partial charge >= 0.3 is 12.3 Å². The molecule has 0 N–H and O–H groups in total. The maximum Gasteiger partial charge on any atom is 0.509 e. The van der Waals surface area contributed by atoms with E-state index in [1.54, 1.807) is 20.8 Å². The molecule has 6 nitrogen and oxygen atoms in total. The van der Waals surface area contributed by atoms with E-state index in [0.717, 1.165) is 44.9 Å². The molecule has 0 saturated heterocycles. The van der Waals surface area contributed by atoms with Crippen LogP contribution in [-0.2, 0) is 18.9 Å². The Morgan fingerprint density at radius 3 is 1.79 bits per heavy atom. The van der Waals surface area contributed by atoms with E-state index in [1.807, 2.05) is 0 Å². The van der Waals surface area contributed by atoms with Crippen LogP contribution in [-0.4, -0.2) is 36.2 Å². The Morgan fingerprint density at radius 2 is 1.21 bits per heavy atom. The van der Waals surface area contributed by atoms with Gasteiger partial charge in [0.15, 0.2) is 0 Å². The van der Waals surface area contributed by atoms with Gasteiger partial charge in [-0.25, -0.2) is 9.59 Å². The summed E-state index contributed by atoms with van der Waals surface area (Å²) in [6.07, 6.45) is 6.32. The molecular formula is C18H30O6. The first-order valence-corrected chi connectivity index (χ1v) is 9.09. The standard InChI is InChI=1S/C18H30O6/c1-18(2,3)24-17(20)23-15-11-7-10-14(12-15)22-16(19)21-13-8-5-4-6-9-13/h13-15H,4-12H2,1-3H3. The van der Waals surface area contributed by atoms with Crippen LogP contribution in [0.4, 0.5) is 9.59 Å². The number of carbonyl (C=O) groups excluding carboxylic acids is 2. The average Bonchev–Trinajstić information content (AvgIpc) is 2.46. The van der Waals surface area contributed by atoms with Crippen LogP contribution < -0.4 is 0 Å². The second kappa shape index (κ2) is 8.58. The summed E-state index contributed by atoms with van der Waals surface area (Å²) in [6, 6.07) is 0. The highest BCUT2D eigenvalue weighted by Gasteiger charge is 2.30. The summed E-state index contributed by atoms with van der Waals surface area (Å²) in [6.45, 7) is 5.38. The second-order valence-corrected chi connectivity index (χ2v) is 7.74. The monoisotopic (exact) mass is 342 g/mol. The fourth-order valence-electron chi connectivity index (χ4n) is 3.21. The minimum Gasteiger partial charge on any atom is -0.431 e. The van der Waals surface area contributed by atoms with Gasteiger partial charge in [-0.2, -0.15) is 0 Å². The fourth-order valence-corrected chi connectivity index (χ4v) is 3.21. The third-order valence-corrected chi connectivity index (χ3v) is 4.31. The van der Waals surface area contributed by atoms with E-state index >= 15 is 0 Å². The molecule has 0 aromatic rings. The van der Waals surface area contributed by atoms with Gasteiger partial charge in [0.25, 0.3) is 0 Å². The van der Waals surface area contributed by atoms with E-state index in [-0.39, 0.29) is 18.3 Å². The molecule has 0 radical (unpaired) electrons.